The van der Waals surface area contributed by atoms with Crippen LogP contribution < -0.4 is 15.1 Å². The molecule has 5 aromatic rings. The van der Waals surface area contributed by atoms with Gasteiger partial charge in [0.05, 0.1) is 17.0 Å². The number of hydrogen-bond acceptors (Lipinski definition) is 4. The molecule has 1 atom stereocenters. The number of hydrogen-bond donors (Lipinski definition) is 0. The van der Waals surface area contributed by atoms with E-state index in [0.717, 1.165) is 23.1 Å². The Kier molecular flexibility index (Phi) is 6.22. The van der Waals surface area contributed by atoms with Crippen molar-refractivity contribution in [1.29, 1.82) is 0 Å². The quantitative estimate of drug-likeness (QED) is 0.234. The number of nitrogens with zero attached hydrogens (tertiary/aromatic N) is 1. The Morgan fingerprint density at radius 1 is 0.868 bits per heavy atom. The summed E-state index contributed by atoms with van der Waals surface area (Å²) in [5.74, 6) is 0.325. The van der Waals surface area contributed by atoms with Gasteiger partial charge in [-0.25, -0.2) is 0 Å². The lowest BCUT2D eigenvalue weighted by molar-refractivity contribution is 0.0971. The maximum Gasteiger partial charge on any atom is 0.295 e. The molecule has 6 rings (SSSR count). The van der Waals surface area contributed by atoms with Crippen LogP contribution in [0.3, 0.4) is 0 Å². The van der Waals surface area contributed by atoms with Crippen molar-refractivity contribution in [2.45, 2.75) is 26.0 Å². The molecule has 1 unspecified atom stereocenters. The third-order valence-corrected chi connectivity index (χ3v) is 7.11. The smallest absolute Gasteiger partial charge is 0.295 e. The van der Waals surface area contributed by atoms with Crippen LogP contribution in [-0.2, 0) is 13.0 Å². The van der Waals surface area contributed by atoms with Gasteiger partial charge < -0.3 is 9.15 Å². The van der Waals surface area contributed by atoms with E-state index in [2.05, 4.69) is 6.92 Å². The fraction of sp³-hybridized carbons (Fsp3) is 0.125. The number of carbonyl (C=O) groups excluding carboxylic acids is 1. The highest BCUT2D eigenvalue weighted by Gasteiger charge is 2.43. The monoisotopic (exact) mass is 521 g/mol. The molecule has 0 aliphatic carbocycles. The minimum absolute atomic E-state index is 0.0463. The van der Waals surface area contributed by atoms with Crippen LogP contribution in [0.2, 0.25) is 5.02 Å². The van der Waals surface area contributed by atoms with Gasteiger partial charge in [0.25, 0.3) is 5.91 Å². The van der Waals surface area contributed by atoms with Crippen LogP contribution in [0.15, 0.2) is 106 Å². The molecule has 1 aliphatic rings. The molecule has 1 aliphatic heterocycles. The van der Waals surface area contributed by atoms with Crippen LogP contribution in [0, 0.1) is 0 Å². The molecule has 0 bridgehead atoms. The van der Waals surface area contributed by atoms with Crippen LogP contribution in [0.4, 0.5) is 5.69 Å². The summed E-state index contributed by atoms with van der Waals surface area (Å²) in [6.45, 7) is 2.48. The average molecular weight is 522 g/mol. The minimum Gasteiger partial charge on any atom is -0.489 e. The summed E-state index contributed by atoms with van der Waals surface area (Å²) in [6.07, 6.45) is 0.880. The van der Waals surface area contributed by atoms with Gasteiger partial charge in [0, 0.05) is 10.7 Å². The van der Waals surface area contributed by atoms with E-state index in [1.165, 1.54) is 0 Å². The van der Waals surface area contributed by atoms with Gasteiger partial charge >= 0.3 is 0 Å². The summed E-state index contributed by atoms with van der Waals surface area (Å²) >= 11 is 6.21. The van der Waals surface area contributed by atoms with E-state index in [-0.39, 0.29) is 17.1 Å². The number of anilines is 1. The first-order valence-corrected chi connectivity index (χ1v) is 12.9. The summed E-state index contributed by atoms with van der Waals surface area (Å²) in [5.41, 5.74) is 3.97. The Labute approximate surface area is 224 Å². The first-order valence-electron chi connectivity index (χ1n) is 12.5. The molecule has 6 heteroatoms. The van der Waals surface area contributed by atoms with Gasteiger partial charge in [0.1, 0.15) is 17.9 Å². The van der Waals surface area contributed by atoms with Crippen molar-refractivity contribution in [3.63, 3.8) is 0 Å². The second-order valence-corrected chi connectivity index (χ2v) is 9.70. The van der Waals surface area contributed by atoms with E-state index in [1.807, 2.05) is 78.9 Å². The van der Waals surface area contributed by atoms with Gasteiger partial charge in [-0.2, -0.15) is 0 Å². The van der Waals surface area contributed by atoms with E-state index >= 15 is 0 Å². The van der Waals surface area contributed by atoms with Gasteiger partial charge in [-0.05, 0) is 65.6 Å². The lowest BCUT2D eigenvalue weighted by atomic mass is 9.98. The largest absolute Gasteiger partial charge is 0.489 e. The molecule has 1 amide bonds. The predicted octanol–water partition coefficient (Wildman–Crippen LogP) is 7.34. The second-order valence-electron chi connectivity index (χ2n) is 9.26. The summed E-state index contributed by atoms with van der Waals surface area (Å²) in [5, 5.41) is 0.766. The lowest BCUT2D eigenvalue weighted by Gasteiger charge is -2.25. The zero-order chi connectivity index (χ0) is 26.2. The molecule has 0 saturated heterocycles. The maximum absolute atomic E-state index is 13.8. The van der Waals surface area contributed by atoms with Gasteiger partial charge in [-0.15, -0.1) is 0 Å². The Morgan fingerprint density at radius 3 is 2.42 bits per heavy atom. The molecule has 4 aromatic carbocycles. The molecular formula is C32H24ClNO4. The third-order valence-electron chi connectivity index (χ3n) is 6.88. The van der Waals surface area contributed by atoms with Crippen molar-refractivity contribution in [3.8, 4) is 5.75 Å². The number of fused-ring (bicyclic) bond motifs is 2. The first-order chi connectivity index (χ1) is 18.5. The number of ether oxygens (including phenoxy) is 1. The molecule has 0 spiro atoms. The maximum atomic E-state index is 13.8. The summed E-state index contributed by atoms with van der Waals surface area (Å²) in [7, 11) is 0. The standard InChI is InChI=1S/C32H24ClNO4/c1-2-20-11-14-24(15-12-20)34-29(22-9-6-10-25(17-22)37-19-21-7-4-3-5-8-21)28-30(35)26-18-23(33)13-16-27(26)38-31(28)32(34)36/h3-18,29H,2,19H2,1H3. The van der Waals surface area contributed by atoms with E-state index in [9.17, 15) is 9.59 Å². The number of rotatable bonds is 6. The Morgan fingerprint density at radius 2 is 1.66 bits per heavy atom. The molecule has 1 aromatic heterocycles. The molecule has 188 valence electrons. The van der Waals surface area contributed by atoms with Crippen LogP contribution >= 0.6 is 11.6 Å². The van der Waals surface area contributed by atoms with E-state index in [1.54, 1.807) is 23.1 Å². The molecule has 0 saturated carbocycles. The Hall–Kier alpha value is -4.35. The first kappa shape index (κ1) is 24.0. The fourth-order valence-corrected chi connectivity index (χ4v) is 5.11. The molecule has 38 heavy (non-hydrogen) atoms. The van der Waals surface area contributed by atoms with Gasteiger partial charge in [0.15, 0.2) is 5.43 Å². The third kappa shape index (κ3) is 4.25. The summed E-state index contributed by atoms with van der Waals surface area (Å²) in [6, 6.07) is 29.4. The zero-order valence-electron chi connectivity index (χ0n) is 20.7. The molecule has 0 radical (unpaired) electrons. The molecule has 2 heterocycles. The molecular weight excluding hydrogens is 498 g/mol. The Balaban J connectivity index is 1.49. The van der Waals surface area contributed by atoms with Crippen molar-refractivity contribution >= 4 is 34.2 Å². The van der Waals surface area contributed by atoms with Crippen LogP contribution in [-0.4, -0.2) is 5.91 Å². The summed E-state index contributed by atoms with van der Waals surface area (Å²) < 4.78 is 12.1. The lowest BCUT2D eigenvalue weighted by Crippen LogP contribution is -2.29. The summed E-state index contributed by atoms with van der Waals surface area (Å²) in [4.78, 5) is 29.3. The number of amides is 1. The van der Waals surface area contributed by atoms with Crippen LogP contribution in [0.25, 0.3) is 11.0 Å². The highest BCUT2D eigenvalue weighted by atomic mass is 35.5. The number of benzene rings is 4. The van der Waals surface area contributed by atoms with Gasteiger partial charge in [-0.3, -0.25) is 14.5 Å². The van der Waals surface area contributed by atoms with Gasteiger partial charge in [0.2, 0.25) is 5.76 Å². The average Bonchev–Trinajstić information content (AvgIpc) is 3.25. The van der Waals surface area contributed by atoms with Crippen LogP contribution in [0.5, 0.6) is 5.75 Å². The van der Waals surface area contributed by atoms with E-state index in [4.69, 9.17) is 20.8 Å². The van der Waals surface area contributed by atoms with E-state index in [0.29, 0.717) is 39.6 Å². The SMILES string of the molecule is CCc1ccc(N2C(=O)c3oc4ccc(Cl)cc4c(=O)c3C2c2cccc(OCc3ccccc3)c2)cc1. The molecule has 0 fully saturated rings. The van der Waals surface area contributed by atoms with E-state index < -0.39 is 6.04 Å². The highest BCUT2D eigenvalue weighted by molar-refractivity contribution is 6.31. The number of carbonyl (C=O) groups is 1. The fourth-order valence-electron chi connectivity index (χ4n) is 4.93. The van der Waals surface area contributed by atoms with Gasteiger partial charge in [-0.1, -0.05) is 73.1 Å². The van der Waals surface area contributed by atoms with Crippen molar-refractivity contribution in [3.05, 3.63) is 140 Å². The van der Waals surface area contributed by atoms with Crippen LogP contribution in [0.1, 0.15) is 45.8 Å². The minimum atomic E-state index is -0.690. The normalized spacial score (nSPS) is 14.6. The zero-order valence-corrected chi connectivity index (χ0v) is 21.4. The van der Waals surface area contributed by atoms with Crippen molar-refractivity contribution < 1.29 is 13.9 Å². The molecule has 0 N–H and O–H groups in total. The topological polar surface area (TPSA) is 59.8 Å². The van der Waals surface area contributed by atoms with Crippen molar-refractivity contribution in [1.82, 2.24) is 0 Å². The highest BCUT2D eigenvalue weighted by Crippen LogP contribution is 2.42. The number of aryl methyl sites for hydroxylation is 1. The predicted molar refractivity (Wildman–Crippen MR) is 149 cm³/mol. The Bertz CT molecular complexity index is 1710. The number of halogens is 1. The second kappa shape index (κ2) is 9.84. The molecule has 5 nitrogen and oxygen atoms in total. The van der Waals surface area contributed by atoms with Crippen molar-refractivity contribution in [2.75, 3.05) is 4.90 Å². The van der Waals surface area contributed by atoms with Crippen molar-refractivity contribution in [2.24, 2.45) is 0 Å².